The Kier molecular flexibility index (Phi) is 5.74. The highest BCUT2D eigenvalue weighted by Gasteiger charge is 2.43. The number of halogens is 1. The smallest absolute Gasteiger partial charge is 0.284 e. The minimum Gasteiger partial charge on any atom is -0.286 e. The van der Waals surface area contributed by atoms with E-state index < -0.39 is 21.1 Å². The van der Waals surface area contributed by atoms with Gasteiger partial charge in [0, 0.05) is 6.04 Å². The third kappa shape index (κ3) is 4.23. The van der Waals surface area contributed by atoms with Gasteiger partial charge in [0.15, 0.2) is 5.17 Å². The van der Waals surface area contributed by atoms with E-state index in [4.69, 9.17) is 0 Å². The third-order valence-corrected chi connectivity index (χ3v) is 7.85. The fourth-order valence-electron chi connectivity index (χ4n) is 3.77. The van der Waals surface area contributed by atoms with Crippen molar-refractivity contribution in [3.8, 4) is 0 Å². The molecule has 4 rings (SSSR count). The summed E-state index contributed by atoms with van der Waals surface area (Å²) in [6.07, 6.45) is 4.81. The van der Waals surface area contributed by atoms with Crippen LogP contribution >= 0.6 is 11.8 Å². The SMILES string of the molecule is O=C1C(c2ccccc2)S/C(=N/S(=O)(=O)c2ccc(F)cc2)N1C1CCCCC1. The van der Waals surface area contributed by atoms with Crippen LogP contribution in [0.4, 0.5) is 4.39 Å². The lowest BCUT2D eigenvalue weighted by Crippen LogP contribution is -2.41. The minimum absolute atomic E-state index is 0.0420. The predicted octanol–water partition coefficient (Wildman–Crippen LogP) is 4.52. The normalized spacial score (nSPS) is 22.4. The quantitative estimate of drug-likeness (QED) is 0.712. The molecule has 0 N–H and O–H groups in total. The molecule has 152 valence electrons. The van der Waals surface area contributed by atoms with Gasteiger partial charge in [0.1, 0.15) is 11.1 Å². The molecule has 2 fully saturated rings. The van der Waals surface area contributed by atoms with Crippen LogP contribution in [0.25, 0.3) is 0 Å². The summed E-state index contributed by atoms with van der Waals surface area (Å²) in [6.45, 7) is 0. The molecular weight excluding hydrogens is 411 g/mol. The molecular formula is C21H21FN2O3S2. The maximum absolute atomic E-state index is 13.3. The molecule has 0 bridgehead atoms. The number of amides is 1. The van der Waals surface area contributed by atoms with Crippen molar-refractivity contribution < 1.29 is 17.6 Å². The number of thioether (sulfide) groups is 1. The van der Waals surface area contributed by atoms with Gasteiger partial charge in [-0.3, -0.25) is 9.69 Å². The first-order valence-electron chi connectivity index (χ1n) is 9.61. The van der Waals surface area contributed by atoms with Crippen molar-refractivity contribution in [1.82, 2.24) is 4.90 Å². The number of carbonyl (C=O) groups is 1. The number of sulfonamides is 1. The van der Waals surface area contributed by atoms with Crippen LogP contribution in [0.15, 0.2) is 63.9 Å². The van der Waals surface area contributed by atoms with Crippen molar-refractivity contribution in [3.63, 3.8) is 0 Å². The van der Waals surface area contributed by atoms with Crippen molar-refractivity contribution >= 4 is 32.9 Å². The molecule has 1 aliphatic heterocycles. The molecule has 29 heavy (non-hydrogen) atoms. The molecule has 0 radical (unpaired) electrons. The standard InChI is InChI=1S/C21H21FN2O3S2/c22-16-11-13-18(14-12-16)29(26,27)23-21-24(17-9-5-2-6-10-17)20(25)19(28-21)15-7-3-1-4-8-15/h1,3-4,7-8,11-14,17,19H,2,5-6,9-10H2/b23-21+. The van der Waals surface area contributed by atoms with Gasteiger partial charge in [-0.2, -0.15) is 8.42 Å². The maximum atomic E-state index is 13.3. The van der Waals surface area contributed by atoms with Crippen LogP contribution in [0.5, 0.6) is 0 Å². The first-order valence-corrected chi connectivity index (χ1v) is 11.9. The highest BCUT2D eigenvalue weighted by atomic mass is 32.2. The Morgan fingerprint density at radius 2 is 1.62 bits per heavy atom. The van der Waals surface area contributed by atoms with E-state index in [9.17, 15) is 17.6 Å². The molecule has 2 aliphatic rings. The Hall–Kier alpha value is -2.19. The molecule has 1 heterocycles. The Morgan fingerprint density at radius 1 is 0.966 bits per heavy atom. The van der Waals surface area contributed by atoms with Gasteiger partial charge < -0.3 is 0 Å². The number of rotatable bonds is 4. The second-order valence-electron chi connectivity index (χ2n) is 7.21. The van der Waals surface area contributed by atoms with Gasteiger partial charge in [-0.05, 0) is 42.7 Å². The Morgan fingerprint density at radius 3 is 2.28 bits per heavy atom. The Balaban J connectivity index is 1.72. The summed E-state index contributed by atoms with van der Waals surface area (Å²) < 4.78 is 42.8. The first-order chi connectivity index (χ1) is 14.0. The zero-order valence-corrected chi connectivity index (χ0v) is 17.3. The number of amidine groups is 1. The molecule has 1 saturated heterocycles. The van der Waals surface area contributed by atoms with Crippen molar-refractivity contribution in [1.29, 1.82) is 0 Å². The van der Waals surface area contributed by atoms with Crippen LogP contribution in [0.1, 0.15) is 42.9 Å². The topological polar surface area (TPSA) is 66.8 Å². The van der Waals surface area contributed by atoms with Gasteiger partial charge >= 0.3 is 0 Å². The highest BCUT2D eigenvalue weighted by molar-refractivity contribution is 8.15. The number of hydrogen-bond donors (Lipinski definition) is 0. The number of hydrogen-bond acceptors (Lipinski definition) is 4. The molecule has 5 nitrogen and oxygen atoms in total. The average molecular weight is 433 g/mol. The van der Waals surface area contributed by atoms with Gasteiger partial charge in [-0.15, -0.1) is 4.40 Å². The zero-order chi connectivity index (χ0) is 20.4. The summed E-state index contributed by atoms with van der Waals surface area (Å²) in [5, 5.41) is -0.305. The molecule has 1 atom stereocenters. The summed E-state index contributed by atoms with van der Waals surface area (Å²) >= 11 is 1.17. The van der Waals surface area contributed by atoms with Gasteiger partial charge in [-0.25, -0.2) is 4.39 Å². The molecule has 1 saturated carbocycles. The van der Waals surface area contributed by atoms with E-state index in [0.29, 0.717) is 0 Å². The van der Waals surface area contributed by atoms with Crippen LogP contribution in [0, 0.1) is 5.82 Å². The summed E-state index contributed by atoms with van der Waals surface area (Å²) in [4.78, 5) is 14.8. The highest BCUT2D eigenvalue weighted by Crippen LogP contribution is 2.43. The summed E-state index contributed by atoms with van der Waals surface area (Å²) in [6, 6.07) is 13.8. The van der Waals surface area contributed by atoms with E-state index in [-0.39, 0.29) is 22.0 Å². The molecule has 8 heteroatoms. The van der Waals surface area contributed by atoms with E-state index in [0.717, 1.165) is 49.8 Å². The van der Waals surface area contributed by atoms with Crippen LogP contribution in [0.3, 0.4) is 0 Å². The van der Waals surface area contributed by atoms with E-state index in [1.807, 2.05) is 30.3 Å². The number of nitrogens with zero attached hydrogens (tertiary/aromatic N) is 2. The molecule has 1 unspecified atom stereocenters. The first kappa shape index (κ1) is 20.1. The average Bonchev–Trinajstić information content (AvgIpc) is 3.05. The lowest BCUT2D eigenvalue weighted by molar-refractivity contribution is -0.128. The van der Waals surface area contributed by atoms with Crippen molar-refractivity contribution in [3.05, 3.63) is 66.0 Å². The second-order valence-corrected chi connectivity index (χ2v) is 9.89. The zero-order valence-electron chi connectivity index (χ0n) is 15.7. The molecule has 2 aromatic rings. The lowest BCUT2D eigenvalue weighted by atomic mass is 9.94. The van der Waals surface area contributed by atoms with Crippen LogP contribution < -0.4 is 0 Å². The van der Waals surface area contributed by atoms with Crippen LogP contribution in [-0.2, 0) is 14.8 Å². The third-order valence-electron chi connectivity index (χ3n) is 5.24. The van der Waals surface area contributed by atoms with Crippen molar-refractivity contribution in [2.75, 3.05) is 0 Å². The summed E-state index contributed by atoms with van der Waals surface area (Å²) in [5.74, 6) is -0.642. The molecule has 0 spiro atoms. The lowest BCUT2D eigenvalue weighted by Gasteiger charge is -2.30. The van der Waals surface area contributed by atoms with Crippen LogP contribution in [0.2, 0.25) is 0 Å². The summed E-state index contributed by atoms with van der Waals surface area (Å²) in [5.41, 5.74) is 0.827. The number of benzene rings is 2. The fourth-order valence-corrected chi connectivity index (χ4v) is 6.19. The van der Waals surface area contributed by atoms with Gasteiger partial charge in [0.05, 0.1) is 4.90 Å². The largest absolute Gasteiger partial charge is 0.286 e. The van der Waals surface area contributed by atoms with Crippen molar-refractivity contribution in [2.45, 2.75) is 48.3 Å². The van der Waals surface area contributed by atoms with Crippen molar-refractivity contribution in [2.24, 2.45) is 4.40 Å². The molecule has 2 aromatic carbocycles. The predicted molar refractivity (Wildman–Crippen MR) is 112 cm³/mol. The van der Waals surface area contributed by atoms with Gasteiger partial charge in [0.2, 0.25) is 5.91 Å². The molecule has 1 aliphatic carbocycles. The minimum atomic E-state index is -4.05. The van der Waals surface area contributed by atoms with E-state index in [1.165, 1.54) is 23.9 Å². The maximum Gasteiger partial charge on any atom is 0.284 e. The van der Waals surface area contributed by atoms with Crippen LogP contribution in [-0.4, -0.2) is 30.4 Å². The Labute approximate surface area is 174 Å². The van der Waals surface area contributed by atoms with E-state index in [2.05, 4.69) is 4.40 Å². The number of carbonyl (C=O) groups excluding carboxylic acids is 1. The van der Waals surface area contributed by atoms with E-state index >= 15 is 0 Å². The van der Waals surface area contributed by atoms with E-state index in [1.54, 1.807) is 4.90 Å². The van der Waals surface area contributed by atoms with Gasteiger partial charge in [-0.1, -0.05) is 61.4 Å². The van der Waals surface area contributed by atoms with Gasteiger partial charge in [0.25, 0.3) is 10.0 Å². The fraction of sp³-hybridized carbons (Fsp3) is 0.333. The molecule has 0 aromatic heterocycles. The summed E-state index contributed by atoms with van der Waals surface area (Å²) in [7, 11) is -4.05. The molecule has 1 amide bonds. The second kappa shape index (κ2) is 8.28. The Bertz CT molecular complexity index is 1020. The monoisotopic (exact) mass is 432 g/mol.